The fourth-order valence-electron chi connectivity index (χ4n) is 4.17. The number of rotatable bonds is 2. The van der Waals surface area contributed by atoms with Gasteiger partial charge in [0.05, 0.1) is 16.0 Å². The highest BCUT2D eigenvalue weighted by Gasteiger charge is 2.65. The molecule has 3 heterocycles. The Bertz CT molecular complexity index is 1080. The lowest BCUT2D eigenvalue weighted by Crippen LogP contribution is -2.63. The maximum Gasteiger partial charge on any atom is 0.266 e. The first-order chi connectivity index (χ1) is 14.4. The van der Waals surface area contributed by atoms with Gasteiger partial charge in [-0.25, -0.2) is 0 Å². The number of benzene rings is 2. The normalized spacial score (nSPS) is 31.8. The van der Waals surface area contributed by atoms with E-state index < -0.39 is 16.1 Å². The van der Waals surface area contributed by atoms with Crippen LogP contribution in [-0.2, 0) is 4.74 Å². The molecule has 3 aliphatic rings. The Morgan fingerprint density at radius 3 is 2.13 bits per heavy atom. The Balaban J connectivity index is 1.71. The summed E-state index contributed by atoms with van der Waals surface area (Å²) in [7, 11) is 3.04. The van der Waals surface area contributed by atoms with Crippen molar-refractivity contribution in [2.45, 2.75) is 56.7 Å². The van der Waals surface area contributed by atoms with Crippen molar-refractivity contribution in [1.82, 2.24) is 0 Å². The van der Waals surface area contributed by atoms with Crippen molar-refractivity contribution in [3.63, 3.8) is 0 Å². The molecule has 6 heteroatoms. The minimum Gasteiger partial charge on any atom is -0.481 e. The van der Waals surface area contributed by atoms with Crippen LogP contribution in [0.25, 0.3) is 5.76 Å². The summed E-state index contributed by atoms with van der Waals surface area (Å²) in [6, 6.07) is 15.3. The Hall–Kier alpha value is -2.05. The number of hydrogen-bond donors (Lipinski definition) is 0. The summed E-state index contributed by atoms with van der Waals surface area (Å²) in [5, 5.41) is 0. The molecule has 2 aromatic carbocycles. The molecular formula is C24H24O4S2. The van der Waals surface area contributed by atoms with Crippen LogP contribution in [0.3, 0.4) is 0 Å². The molecule has 5 rings (SSSR count). The number of Topliss-reactive ketones (excluding diaryl/α,β-unsaturated/α-hetero) is 1. The molecule has 2 aromatic rings. The smallest absolute Gasteiger partial charge is 0.266 e. The van der Waals surface area contributed by atoms with E-state index in [1.807, 2.05) is 62.4 Å². The minimum absolute atomic E-state index is 0.0417. The van der Waals surface area contributed by atoms with Gasteiger partial charge in [-0.05, 0) is 72.5 Å². The molecule has 0 N–H and O–H groups in total. The van der Waals surface area contributed by atoms with Crippen LogP contribution in [0.15, 0.2) is 53.4 Å². The van der Waals surface area contributed by atoms with E-state index in [0.29, 0.717) is 17.7 Å². The molecular weight excluding hydrogens is 416 g/mol. The number of fused-ring (bicyclic) bond motifs is 3. The van der Waals surface area contributed by atoms with Crippen molar-refractivity contribution >= 4 is 33.1 Å². The Labute approximate surface area is 184 Å². The molecule has 0 aromatic heterocycles. The SMILES string of the molecule is CCC1(C)Oc2ccccc2C2=C1SSC1(O2)C(=O)c2ccccc2OC1(C)CC. The number of carbonyl (C=O) groups excluding carboxylic acids is 1. The first-order valence-electron chi connectivity index (χ1n) is 10.3. The summed E-state index contributed by atoms with van der Waals surface area (Å²) >= 11 is 0. The highest BCUT2D eigenvalue weighted by atomic mass is 33.1. The van der Waals surface area contributed by atoms with Gasteiger partial charge in [0.2, 0.25) is 5.78 Å². The molecule has 0 saturated carbocycles. The van der Waals surface area contributed by atoms with Crippen molar-refractivity contribution in [3.8, 4) is 11.5 Å². The van der Waals surface area contributed by atoms with Gasteiger partial charge in [-0.3, -0.25) is 4.79 Å². The molecule has 4 nitrogen and oxygen atoms in total. The topological polar surface area (TPSA) is 44.8 Å². The standard InChI is InChI=1S/C24H24O4S2/c1-5-22(3)21-19(15-11-7-9-13-17(15)26-22)28-24(30-29-21)20(25)16-12-8-10-14-18(16)27-23(24,4)6-2/h7-14H,5-6H2,1-4H3. The lowest BCUT2D eigenvalue weighted by atomic mass is 9.85. The molecule has 30 heavy (non-hydrogen) atoms. The maximum absolute atomic E-state index is 13.9. The van der Waals surface area contributed by atoms with E-state index in [9.17, 15) is 4.79 Å². The highest BCUT2D eigenvalue weighted by molar-refractivity contribution is 8.79. The van der Waals surface area contributed by atoms with Crippen molar-refractivity contribution in [1.29, 1.82) is 0 Å². The summed E-state index contributed by atoms with van der Waals surface area (Å²) < 4.78 is 19.6. The van der Waals surface area contributed by atoms with Crippen molar-refractivity contribution in [2.24, 2.45) is 0 Å². The van der Waals surface area contributed by atoms with Gasteiger partial charge in [-0.1, -0.05) is 38.1 Å². The third kappa shape index (κ3) is 2.53. The van der Waals surface area contributed by atoms with Gasteiger partial charge in [-0.15, -0.1) is 0 Å². The van der Waals surface area contributed by atoms with Crippen molar-refractivity contribution in [2.75, 3.05) is 0 Å². The largest absolute Gasteiger partial charge is 0.481 e. The van der Waals surface area contributed by atoms with E-state index in [2.05, 4.69) is 13.8 Å². The molecule has 0 amide bonds. The summed E-state index contributed by atoms with van der Waals surface area (Å²) in [5.74, 6) is 2.10. The third-order valence-corrected chi connectivity index (χ3v) is 9.71. The first kappa shape index (κ1) is 19.9. The summed E-state index contributed by atoms with van der Waals surface area (Å²) in [5.41, 5.74) is 0.141. The molecule has 0 fully saturated rings. The van der Waals surface area contributed by atoms with Crippen LogP contribution in [0.5, 0.6) is 11.5 Å². The van der Waals surface area contributed by atoms with Crippen LogP contribution in [0, 0.1) is 0 Å². The highest BCUT2D eigenvalue weighted by Crippen LogP contribution is 2.64. The number of ether oxygens (including phenoxy) is 3. The second-order valence-electron chi connectivity index (χ2n) is 8.24. The Morgan fingerprint density at radius 1 is 0.833 bits per heavy atom. The Morgan fingerprint density at radius 2 is 1.47 bits per heavy atom. The van der Waals surface area contributed by atoms with Crippen LogP contribution in [-0.4, -0.2) is 21.9 Å². The number of ketones is 1. The van der Waals surface area contributed by atoms with E-state index in [1.54, 1.807) is 10.8 Å². The Kier molecular flexibility index (Phi) is 4.46. The second-order valence-corrected chi connectivity index (χ2v) is 10.6. The average Bonchev–Trinajstić information content (AvgIpc) is 2.78. The van der Waals surface area contributed by atoms with Crippen LogP contribution >= 0.6 is 21.6 Å². The quantitative estimate of drug-likeness (QED) is 0.499. The monoisotopic (exact) mass is 440 g/mol. The molecule has 156 valence electrons. The summed E-state index contributed by atoms with van der Waals surface area (Å²) in [6.45, 7) is 8.20. The zero-order valence-corrected chi connectivity index (χ0v) is 19.1. The molecule has 3 atom stereocenters. The lowest BCUT2D eigenvalue weighted by Gasteiger charge is -2.52. The van der Waals surface area contributed by atoms with Crippen molar-refractivity contribution in [3.05, 3.63) is 64.6 Å². The second kappa shape index (κ2) is 6.72. The predicted molar refractivity (Wildman–Crippen MR) is 122 cm³/mol. The molecule has 0 radical (unpaired) electrons. The van der Waals surface area contributed by atoms with Crippen LogP contribution in [0.2, 0.25) is 0 Å². The van der Waals surface area contributed by atoms with E-state index in [0.717, 1.165) is 28.4 Å². The number of hydrogen-bond acceptors (Lipinski definition) is 6. The number of para-hydroxylation sites is 2. The van der Waals surface area contributed by atoms with Crippen LogP contribution in [0.4, 0.5) is 0 Å². The molecule has 3 unspecified atom stereocenters. The molecule has 0 saturated heterocycles. The van der Waals surface area contributed by atoms with Crippen LogP contribution in [0.1, 0.15) is 56.5 Å². The zero-order chi connectivity index (χ0) is 21.1. The lowest BCUT2D eigenvalue weighted by molar-refractivity contribution is -0.0579. The van der Waals surface area contributed by atoms with Crippen molar-refractivity contribution < 1.29 is 19.0 Å². The third-order valence-electron chi connectivity index (χ3n) is 6.45. The van der Waals surface area contributed by atoms with E-state index in [-0.39, 0.29) is 5.78 Å². The van der Waals surface area contributed by atoms with Crippen LogP contribution < -0.4 is 9.47 Å². The molecule has 0 aliphatic carbocycles. The maximum atomic E-state index is 13.9. The average molecular weight is 441 g/mol. The predicted octanol–water partition coefficient (Wildman–Crippen LogP) is 6.47. The number of carbonyl (C=O) groups is 1. The molecule has 1 spiro atoms. The van der Waals surface area contributed by atoms with E-state index in [4.69, 9.17) is 14.2 Å². The fraction of sp³-hybridized carbons (Fsp3) is 0.375. The van der Waals surface area contributed by atoms with Gasteiger partial charge < -0.3 is 14.2 Å². The van der Waals surface area contributed by atoms with Gasteiger partial charge in [-0.2, -0.15) is 0 Å². The summed E-state index contributed by atoms with van der Waals surface area (Å²) in [6.07, 6.45) is 1.43. The van der Waals surface area contributed by atoms with Gasteiger partial charge >= 0.3 is 0 Å². The van der Waals surface area contributed by atoms with Gasteiger partial charge in [0, 0.05) is 0 Å². The first-order valence-corrected chi connectivity index (χ1v) is 12.4. The van der Waals surface area contributed by atoms with Gasteiger partial charge in [0.25, 0.3) is 4.93 Å². The molecule has 3 aliphatic heterocycles. The van der Waals surface area contributed by atoms with E-state index >= 15 is 0 Å². The van der Waals surface area contributed by atoms with Gasteiger partial charge in [0.15, 0.2) is 5.60 Å². The fourth-order valence-corrected chi connectivity index (χ4v) is 7.84. The zero-order valence-electron chi connectivity index (χ0n) is 17.5. The van der Waals surface area contributed by atoms with E-state index in [1.165, 1.54) is 10.8 Å². The van der Waals surface area contributed by atoms with Gasteiger partial charge in [0.1, 0.15) is 22.9 Å². The molecule has 0 bridgehead atoms. The summed E-state index contributed by atoms with van der Waals surface area (Å²) in [4.78, 5) is 13.7. The minimum atomic E-state index is -1.18.